The lowest BCUT2D eigenvalue weighted by Crippen LogP contribution is -2.28. The van der Waals surface area contributed by atoms with Gasteiger partial charge in [0.1, 0.15) is 16.9 Å². The largest absolute Gasteiger partial charge is 0.444 e. The van der Waals surface area contributed by atoms with Crippen molar-refractivity contribution in [3.8, 4) is 0 Å². The first-order valence-electron chi connectivity index (χ1n) is 10.4. The number of aryl methyl sites for hydroxylation is 1. The normalized spacial score (nSPS) is 16.5. The van der Waals surface area contributed by atoms with Gasteiger partial charge in [0.25, 0.3) is 0 Å². The van der Waals surface area contributed by atoms with Gasteiger partial charge in [-0.3, -0.25) is 15.2 Å². The average Bonchev–Trinajstić information content (AvgIpc) is 3.09. The third-order valence-corrected chi connectivity index (χ3v) is 5.29. The number of imidazole rings is 1. The van der Waals surface area contributed by atoms with E-state index in [0.29, 0.717) is 12.2 Å². The standard InChI is InChI=1S/C23H29N5O2/c1-23(2,3)30-22(29)26-17-11-6-10-16-21(17)27-19(25-16)14-28(4)18-12-5-8-15-9-7-13-24-20(15)18/h6-7,9-11,13,18H,5,8,12,14H2,1-4H3,(H,25,27)(H,26,29). The van der Waals surface area contributed by atoms with Crippen LogP contribution in [0.3, 0.4) is 0 Å². The summed E-state index contributed by atoms with van der Waals surface area (Å²) in [6, 6.07) is 10.2. The van der Waals surface area contributed by atoms with Crippen molar-refractivity contribution in [2.45, 2.75) is 58.2 Å². The van der Waals surface area contributed by atoms with Crippen molar-refractivity contribution in [1.82, 2.24) is 19.9 Å². The van der Waals surface area contributed by atoms with E-state index in [1.54, 1.807) is 0 Å². The number of rotatable bonds is 4. The highest BCUT2D eigenvalue weighted by Crippen LogP contribution is 2.33. The van der Waals surface area contributed by atoms with Gasteiger partial charge in [0, 0.05) is 6.20 Å². The number of carbonyl (C=O) groups is 1. The number of carbonyl (C=O) groups excluding carboxylic acids is 1. The summed E-state index contributed by atoms with van der Waals surface area (Å²) < 4.78 is 5.37. The molecular weight excluding hydrogens is 378 g/mol. The summed E-state index contributed by atoms with van der Waals surface area (Å²) >= 11 is 0. The molecule has 0 spiro atoms. The number of pyridine rings is 1. The van der Waals surface area contributed by atoms with E-state index in [-0.39, 0.29) is 6.04 Å². The molecule has 4 rings (SSSR count). The molecule has 1 aromatic carbocycles. The third-order valence-electron chi connectivity index (χ3n) is 5.29. The van der Waals surface area contributed by atoms with Gasteiger partial charge in [-0.15, -0.1) is 0 Å². The average molecular weight is 408 g/mol. The van der Waals surface area contributed by atoms with Gasteiger partial charge in [-0.05, 0) is 70.8 Å². The zero-order chi connectivity index (χ0) is 21.3. The number of benzene rings is 1. The quantitative estimate of drug-likeness (QED) is 0.648. The Kier molecular flexibility index (Phi) is 5.47. The fourth-order valence-corrected chi connectivity index (χ4v) is 4.03. The number of aromatic amines is 1. The summed E-state index contributed by atoms with van der Waals surface area (Å²) in [4.78, 5) is 27.3. The van der Waals surface area contributed by atoms with Crippen molar-refractivity contribution in [2.24, 2.45) is 0 Å². The number of anilines is 1. The number of nitrogens with one attached hydrogen (secondary N) is 2. The SMILES string of the molecule is CN(Cc1nc2c(NC(=O)OC(C)(C)C)cccc2[nH]1)C1CCCc2cccnc21. The van der Waals surface area contributed by atoms with Crippen LogP contribution in [-0.4, -0.2) is 38.6 Å². The molecule has 1 aliphatic carbocycles. The molecular formula is C23H29N5O2. The predicted octanol–water partition coefficient (Wildman–Crippen LogP) is 4.81. The van der Waals surface area contributed by atoms with E-state index < -0.39 is 11.7 Å². The van der Waals surface area contributed by atoms with Crippen LogP contribution in [0.25, 0.3) is 11.0 Å². The van der Waals surface area contributed by atoms with Gasteiger partial charge in [0.05, 0.1) is 29.5 Å². The van der Waals surface area contributed by atoms with E-state index in [1.807, 2.05) is 51.2 Å². The highest BCUT2D eigenvalue weighted by Gasteiger charge is 2.25. The number of hydrogen-bond acceptors (Lipinski definition) is 5. The number of ether oxygens (including phenoxy) is 1. The van der Waals surface area contributed by atoms with E-state index in [2.05, 4.69) is 33.3 Å². The first-order chi connectivity index (χ1) is 14.3. The molecule has 2 aromatic heterocycles. The van der Waals surface area contributed by atoms with E-state index in [9.17, 15) is 4.79 Å². The summed E-state index contributed by atoms with van der Waals surface area (Å²) in [7, 11) is 2.11. The second kappa shape index (κ2) is 8.07. The van der Waals surface area contributed by atoms with Crippen LogP contribution in [0.15, 0.2) is 36.5 Å². The monoisotopic (exact) mass is 407 g/mol. The van der Waals surface area contributed by atoms with Crippen LogP contribution in [0.4, 0.5) is 10.5 Å². The maximum atomic E-state index is 12.2. The number of para-hydroxylation sites is 1. The summed E-state index contributed by atoms with van der Waals surface area (Å²) in [6.07, 6.45) is 4.74. The van der Waals surface area contributed by atoms with Gasteiger partial charge in [-0.25, -0.2) is 9.78 Å². The number of amides is 1. The molecule has 7 heteroatoms. The maximum Gasteiger partial charge on any atom is 0.412 e. The first kappa shape index (κ1) is 20.3. The summed E-state index contributed by atoms with van der Waals surface area (Å²) in [5, 5.41) is 2.82. The van der Waals surface area contributed by atoms with E-state index in [4.69, 9.17) is 9.72 Å². The molecule has 30 heavy (non-hydrogen) atoms. The smallest absolute Gasteiger partial charge is 0.412 e. The van der Waals surface area contributed by atoms with Crippen LogP contribution in [0.1, 0.15) is 56.7 Å². The number of hydrogen-bond donors (Lipinski definition) is 2. The summed E-state index contributed by atoms with van der Waals surface area (Å²) in [5.41, 5.74) is 4.21. The number of H-pyrrole nitrogens is 1. The Morgan fingerprint density at radius 1 is 1.30 bits per heavy atom. The van der Waals surface area contributed by atoms with Crippen LogP contribution in [-0.2, 0) is 17.7 Å². The zero-order valence-corrected chi connectivity index (χ0v) is 18.0. The molecule has 0 radical (unpaired) electrons. The van der Waals surface area contributed by atoms with Crippen molar-refractivity contribution in [3.63, 3.8) is 0 Å². The molecule has 1 atom stereocenters. The second-order valence-corrected chi connectivity index (χ2v) is 8.88. The summed E-state index contributed by atoms with van der Waals surface area (Å²) in [5.74, 6) is 0.856. The Hall–Kier alpha value is -2.93. The molecule has 2 heterocycles. The minimum absolute atomic E-state index is 0.280. The minimum Gasteiger partial charge on any atom is -0.444 e. The van der Waals surface area contributed by atoms with Crippen molar-refractivity contribution in [2.75, 3.05) is 12.4 Å². The molecule has 7 nitrogen and oxygen atoms in total. The van der Waals surface area contributed by atoms with Crippen LogP contribution >= 0.6 is 0 Å². The Bertz CT molecular complexity index is 1050. The molecule has 2 N–H and O–H groups in total. The topological polar surface area (TPSA) is 83.1 Å². The van der Waals surface area contributed by atoms with Gasteiger partial charge in [-0.2, -0.15) is 0 Å². The van der Waals surface area contributed by atoms with Gasteiger partial charge < -0.3 is 9.72 Å². The Labute approximate surface area is 176 Å². The lowest BCUT2D eigenvalue weighted by Gasteiger charge is -2.31. The number of fused-ring (bicyclic) bond motifs is 2. The van der Waals surface area contributed by atoms with E-state index >= 15 is 0 Å². The zero-order valence-electron chi connectivity index (χ0n) is 18.0. The lowest BCUT2D eigenvalue weighted by atomic mass is 9.91. The molecule has 158 valence electrons. The number of aromatic nitrogens is 3. The van der Waals surface area contributed by atoms with E-state index in [0.717, 1.165) is 36.1 Å². The lowest BCUT2D eigenvalue weighted by molar-refractivity contribution is 0.0636. The molecule has 1 unspecified atom stereocenters. The van der Waals surface area contributed by atoms with Gasteiger partial charge in [0.2, 0.25) is 0 Å². The summed E-state index contributed by atoms with van der Waals surface area (Å²) in [6.45, 7) is 6.19. The molecule has 1 aliphatic rings. The fourth-order valence-electron chi connectivity index (χ4n) is 4.03. The van der Waals surface area contributed by atoms with Gasteiger partial charge in [-0.1, -0.05) is 12.1 Å². The van der Waals surface area contributed by atoms with Crippen molar-refractivity contribution in [1.29, 1.82) is 0 Å². The molecule has 0 bridgehead atoms. The molecule has 0 saturated heterocycles. The fraction of sp³-hybridized carbons (Fsp3) is 0.435. The van der Waals surface area contributed by atoms with Crippen LogP contribution in [0, 0.1) is 0 Å². The van der Waals surface area contributed by atoms with Crippen LogP contribution in [0.2, 0.25) is 0 Å². The molecule has 0 aliphatic heterocycles. The highest BCUT2D eigenvalue weighted by atomic mass is 16.6. The van der Waals surface area contributed by atoms with Gasteiger partial charge >= 0.3 is 6.09 Å². The Morgan fingerprint density at radius 3 is 2.93 bits per heavy atom. The van der Waals surface area contributed by atoms with Crippen molar-refractivity contribution in [3.05, 3.63) is 53.6 Å². The second-order valence-electron chi connectivity index (χ2n) is 8.88. The van der Waals surface area contributed by atoms with Crippen molar-refractivity contribution < 1.29 is 9.53 Å². The first-order valence-corrected chi connectivity index (χ1v) is 10.4. The van der Waals surface area contributed by atoms with E-state index in [1.165, 1.54) is 11.3 Å². The predicted molar refractivity (Wildman–Crippen MR) is 117 cm³/mol. The van der Waals surface area contributed by atoms with Crippen LogP contribution in [0.5, 0.6) is 0 Å². The third kappa shape index (κ3) is 4.46. The molecule has 1 amide bonds. The molecule has 0 fully saturated rings. The maximum absolute atomic E-state index is 12.2. The van der Waals surface area contributed by atoms with Gasteiger partial charge in [0.15, 0.2) is 0 Å². The molecule has 0 saturated carbocycles. The molecule has 3 aromatic rings. The number of nitrogens with zero attached hydrogens (tertiary/aromatic N) is 3. The Morgan fingerprint density at radius 2 is 2.13 bits per heavy atom. The van der Waals surface area contributed by atoms with Crippen LogP contribution < -0.4 is 5.32 Å². The van der Waals surface area contributed by atoms with Crippen molar-refractivity contribution >= 4 is 22.8 Å². The Balaban J connectivity index is 1.53. The highest BCUT2D eigenvalue weighted by molar-refractivity contribution is 5.96. The minimum atomic E-state index is -0.554.